The fourth-order valence-corrected chi connectivity index (χ4v) is 3.60. The largest absolute Gasteiger partial charge is 0.389 e. The normalized spacial score (nSPS) is 12.3. The van der Waals surface area contributed by atoms with Crippen molar-refractivity contribution < 1.29 is 13.2 Å². The van der Waals surface area contributed by atoms with E-state index in [1.54, 1.807) is 29.9 Å². The summed E-state index contributed by atoms with van der Waals surface area (Å²) in [7, 11) is 0. The molecule has 4 aromatic rings. The minimum absolute atomic E-state index is 0.189. The highest BCUT2D eigenvalue weighted by molar-refractivity contribution is 7.22. The average molecular weight is 348 g/mol. The van der Waals surface area contributed by atoms with Gasteiger partial charge >= 0.3 is 6.18 Å². The molecule has 0 saturated carbocycles. The van der Waals surface area contributed by atoms with Crippen molar-refractivity contribution in [2.75, 3.05) is 0 Å². The molecule has 122 valence electrons. The number of aromatic nitrogens is 4. The summed E-state index contributed by atoms with van der Waals surface area (Å²) in [6.45, 7) is 0. The standard InChI is InChI=1S/C16H11F3N4S/c17-16(18,19)3-1-14-21-8-11-10(7-22-15(11)23-14)13-5-9-6-20-4-2-12(9)24-13/h2,4-8H,1,3H2,(H,21,22,23). The Kier molecular flexibility index (Phi) is 3.49. The van der Waals surface area contributed by atoms with Crippen molar-refractivity contribution in [3.05, 3.63) is 42.7 Å². The van der Waals surface area contributed by atoms with E-state index in [4.69, 9.17) is 0 Å². The molecule has 8 heteroatoms. The Bertz CT molecular complexity index is 986. The fourth-order valence-electron chi connectivity index (χ4n) is 2.54. The Morgan fingerprint density at radius 3 is 2.88 bits per heavy atom. The number of H-pyrrole nitrogens is 1. The molecular weight excluding hydrogens is 337 g/mol. The number of alkyl halides is 3. The van der Waals surface area contributed by atoms with E-state index in [1.807, 2.05) is 18.3 Å². The van der Waals surface area contributed by atoms with Crippen molar-refractivity contribution in [1.82, 2.24) is 19.9 Å². The lowest BCUT2D eigenvalue weighted by molar-refractivity contribution is -0.134. The van der Waals surface area contributed by atoms with Crippen molar-refractivity contribution in [2.24, 2.45) is 0 Å². The predicted molar refractivity (Wildman–Crippen MR) is 86.9 cm³/mol. The van der Waals surface area contributed by atoms with Crippen LogP contribution in [0.5, 0.6) is 0 Å². The average Bonchev–Trinajstić information content (AvgIpc) is 3.15. The Hall–Kier alpha value is -2.48. The van der Waals surface area contributed by atoms with Gasteiger partial charge in [-0.25, -0.2) is 9.97 Å². The first kappa shape index (κ1) is 15.1. The van der Waals surface area contributed by atoms with Gasteiger partial charge in [0.15, 0.2) is 0 Å². The fraction of sp³-hybridized carbons (Fsp3) is 0.188. The molecule has 0 radical (unpaired) electrons. The maximum atomic E-state index is 12.3. The summed E-state index contributed by atoms with van der Waals surface area (Å²) >= 11 is 1.62. The highest BCUT2D eigenvalue weighted by Gasteiger charge is 2.27. The molecule has 1 N–H and O–H groups in total. The van der Waals surface area contributed by atoms with Gasteiger partial charge in [0.25, 0.3) is 0 Å². The van der Waals surface area contributed by atoms with Crippen LogP contribution in [-0.4, -0.2) is 26.1 Å². The van der Waals surface area contributed by atoms with Crippen molar-refractivity contribution in [1.29, 1.82) is 0 Å². The van der Waals surface area contributed by atoms with Crippen LogP contribution in [0.1, 0.15) is 12.2 Å². The van der Waals surface area contributed by atoms with Crippen LogP contribution >= 0.6 is 11.3 Å². The van der Waals surface area contributed by atoms with Crippen molar-refractivity contribution >= 4 is 32.5 Å². The Balaban J connectivity index is 1.70. The van der Waals surface area contributed by atoms with Crippen LogP contribution in [0.25, 0.3) is 31.6 Å². The van der Waals surface area contributed by atoms with Gasteiger partial charge in [0.1, 0.15) is 11.5 Å². The summed E-state index contributed by atoms with van der Waals surface area (Å²) < 4.78 is 38.1. The molecule has 4 rings (SSSR count). The summed E-state index contributed by atoms with van der Waals surface area (Å²) in [4.78, 5) is 16.5. The van der Waals surface area contributed by atoms with Crippen LogP contribution in [0, 0.1) is 0 Å². The van der Waals surface area contributed by atoms with E-state index in [0.29, 0.717) is 5.65 Å². The topological polar surface area (TPSA) is 54.5 Å². The SMILES string of the molecule is FC(F)(F)CCc1ncc2c(-c3cc4cnccc4s3)c[nH]c2n1. The minimum atomic E-state index is -4.20. The first-order valence-corrected chi connectivity index (χ1v) is 8.05. The van der Waals surface area contributed by atoms with E-state index in [9.17, 15) is 13.2 Å². The second-order valence-electron chi connectivity index (χ2n) is 5.39. The van der Waals surface area contributed by atoms with E-state index in [-0.39, 0.29) is 12.2 Å². The number of fused-ring (bicyclic) bond motifs is 2. The molecule has 4 nitrogen and oxygen atoms in total. The molecular formula is C16H11F3N4S. The quantitative estimate of drug-likeness (QED) is 0.582. The highest BCUT2D eigenvalue weighted by atomic mass is 32.1. The number of nitrogens with zero attached hydrogens (tertiary/aromatic N) is 3. The molecule has 0 amide bonds. The number of hydrogen-bond donors (Lipinski definition) is 1. The van der Waals surface area contributed by atoms with Gasteiger partial charge in [0.2, 0.25) is 0 Å². The Labute approximate surface area is 138 Å². The van der Waals surface area contributed by atoms with Gasteiger partial charge < -0.3 is 4.98 Å². The lowest BCUT2D eigenvalue weighted by Crippen LogP contribution is -2.10. The number of aryl methyl sites for hydroxylation is 1. The maximum Gasteiger partial charge on any atom is 0.389 e. The van der Waals surface area contributed by atoms with E-state index in [2.05, 4.69) is 19.9 Å². The Morgan fingerprint density at radius 1 is 1.21 bits per heavy atom. The highest BCUT2D eigenvalue weighted by Crippen LogP contribution is 2.36. The second-order valence-corrected chi connectivity index (χ2v) is 6.47. The summed E-state index contributed by atoms with van der Waals surface area (Å²) in [5.41, 5.74) is 1.49. The van der Waals surface area contributed by atoms with E-state index in [1.165, 1.54) is 0 Å². The maximum absolute atomic E-state index is 12.3. The molecule has 4 aromatic heterocycles. The van der Waals surface area contributed by atoms with Gasteiger partial charge in [-0.1, -0.05) is 0 Å². The van der Waals surface area contributed by atoms with Crippen LogP contribution in [0.15, 0.2) is 36.9 Å². The van der Waals surface area contributed by atoms with Gasteiger partial charge in [-0.05, 0) is 12.1 Å². The monoisotopic (exact) mass is 348 g/mol. The third-order valence-electron chi connectivity index (χ3n) is 3.70. The first-order chi connectivity index (χ1) is 11.5. The summed E-state index contributed by atoms with van der Waals surface area (Å²) in [6.07, 6.45) is 1.60. The molecule has 24 heavy (non-hydrogen) atoms. The number of aromatic amines is 1. The number of pyridine rings is 1. The lowest BCUT2D eigenvalue weighted by atomic mass is 10.2. The molecule has 4 heterocycles. The molecule has 0 saturated heterocycles. The summed E-state index contributed by atoms with van der Waals surface area (Å²) in [6, 6.07) is 3.98. The van der Waals surface area contributed by atoms with Crippen LogP contribution in [0.3, 0.4) is 0 Å². The number of hydrogen-bond acceptors (Lipinski definition) is 4. The van der Waals surface area contributed by atoms with Crippen LogP contribution in [0.4, 0.5) is 13.2 Å². The van der Waals surface area contributed by atoms with E-state index >= 15 is 0 Å². The molecule has 0 fully saturated rings. The lowest BCUT2D eigenvalue weighted by Gasteiger charge is -2.04. The molecule has 0 aliphatic rings. The molecule has 0 aromatic carbocycles. The molecule has 0 spiro atoms. The van der Waals surface area contributed by atoms with Gasteiger partial charge in [-0.3, -0.25) is 4.98 Å². The number of thiophene rings is 1. The third kappa shape index (κ3) is 2.84. The third-order valence-corrected chi connectivity index (χ3v) is 4.85. The molecule has 0 bridgehead atoms. The van der Waals surface area contributed by atoms with Crippen LogP contribution < -0.4 is 0 Å². The summed E-state index contributed by atoms with van der Waals surface area (Å²) in [5, 5.41) is 1.85. The molecule has 0 aliphatic carbocycles. The zero-order chi connectivity index (χ0) is 16.7. The molecule has 0 aliphatic heterocycles. The molecule has 0 unspecified atom stereocenters. The van der Waals surface area contributed by atoms with Crippen LogP contribution in [-0.2, 0) is 6.42 Å². The van der Waals surface area contributed by atoms with E-state index < -0.39 is 12.6 Å². The van der Waals surface area contributed by atoms with Crippen molar-refractivity contribution in [3.63, 3.8) is 0 Å². The zero-order valence-electron chi connectivity index (χ0n) is 12.3. The summed E-state index contributed by atoms with van der Waals surface area (Å²) in [5.74, 6) is 0.189. The van der Waals surface area contributed by atoms with Gasteiger partial charge in [0.05, 0.1) is 6.42 Å². The number of rotatable bonds is 3. The van der Waals surface area contributed by atoms with Gasteiger partial charge in [-0.15, -0.1) is 11.3 Å². The van der Waals surface area contributed by atoms with Crippen molar-refractivity contribution in [2.45, 2.75) is 19.0 Å². The first-order valence-electron chi connectivity index (χ1n) is 7.23. The number of nitrogens with one attached hydrogen (secondary N) is 1. The van der Waals surface area contributed by atoms with Gasteiger partial charge in [0, 0.05) is 57.1 Å². The smallest absolute Gasteiger partial charge is 0.345 e. The molecule has 0 atom stereocenters. The van der Waals surface area contributed by atoms with Crippen LogP contribution in [0.2, 0.25) is 0 Å². The minimum Gasteiger partial charge on any atom is -0.345 e. The second kappa shape index (κ2) is 5.55. The van der Waals surface area contributed by atoms with E-state index in [0.717, 1.165) is 25.9 Å². The van der Waals surface area contributed by atoms with Gasteiger partial charge in [-0.2, -0.15) is 13.2 Å². The Morgan fingerprint density at radius 2 is 2.08 bits per heavy atom. The predicted octanol–water partition coefficient (Wildman–Crippen LogP) is 4.73. The number of halogens is 3. The van der Waals surface area contributed by atoms with Crippen molar-refractivity contribution in [3.8, 4) is 10.4 Å². The zero-order valence-corrected chi connectivity index (χ0v) is 13.1.